The number of esters is 1. The molecule has 0 saturated heterocycles. The van der Waals surface area contributed by atoms with Gasteiger partial charge >= 0.3 is 5.97 Å². The summed E-state index contributed by atoms with van der Waals surface area (Å²) in [5.74, 6) is -2.16. The number of aryl methyl sites for hydroxylation is 1. The van der Waals surface area contributed by atoms with E-state index in [-0.39, 0.29) is 24.0 Å². The second kappa shape index (κ2) is 8.68. The minimum absolute atomic E-state index is 0.0372. The first-order valence-electron chi connectivity index (χ1n) is 9.38. The Labute approximate surface area is 168 Å². The normalized spacial score (nSPS) is 18.7. The molecule has 2 aromatic carbocycles. The number of nitro groups is 1. The van der Waals surface area contributed by atoms with E-state index in [0.29, 0.717) is 17.8 Å². The van der Waals surface area contributed by atoms with E-state index < -0.39 is 16.8 Å². The Hall–Kier alpha value is -3.48. The van der Waals surface area contributed by atoms with Crippen molar-refractivity contribution in [2.45, 2.75) is 26.2 Å². The molecule has 7 heteroatoms. The summed E-state index contributed by atoms with van der Waals surface area (Å²) in [6, 6.07) is 13.9. The number of carbonyl (C=O) groups excluding carboxylic acids is 2. The van der Waals surface area contributed by atoms with Crippen molar-refractivity contribution in [3.63, 3.8) is 0 Å². The average molecular weight is 394 g/mol. The molecule has 0 aliphatic heterocycles. The first-order chi connectivity index (χ1) is 13.9. The maximum Gasteiger partial charge on any atom is 0.317 e. The van der Waals surface area contributed by atoms with Gasteiger partial charge in [0.15, 0.2) is 5.78 Å². The maximum atomic E-state index is 12.8. The maximum absolute atomic E-state index is 12.8. The van der Waals surface area contributed by atoms with Gasteiger partial charge in [-0.15, -0.1) is 0 Å². The molecule has 0 heterocycles. The number of rotatable bonds is 6. The van der Waals surface area contributed by atoms with Crippen LogP contribution in [0, 0.1) is 23.0 Å². The zero-order valence-corrected chi connectivity index (χ0v) is 16.3. The zero-order chi connectivity index (χ0) is 21.0. The fraction of sp³-hybridized carbons (Fsp3) is 0.273. The molecule has 29 heavy (non-hydrogen) atoms. The number of anilines is 1. The Balaban J connectivity index is 1.94. The highest BCUT2D eigenvalue weighted by molar-refractivity contribution is 6.07. The largest absolute Gasteiger partial charge is 0.465 e. The van der Waals surface area contributed by atoms with Gasteiger partial charge in [-0.3, -0.25) is 19.7 Å². The lowest BCUT2D eigenvalue weighted by Gasteiger charge is -2.30. The van der Waals surface area contributed by atoms with Crippen molar-refractivity contribution in [1.82, 2.24) is 0 Å². The molecule has 1 aliphatic rings. The minimum Gasteiger partial charge on any atom is -0.465 e. The van der Waals surface area contributed by atoms with Crippen molar-refractivity contribution in [2.75, 3.05) is 11.9 Å². The second-order valence-electron chi connectivity index (χ2n) is 6.90. The van der Waals surface area contributed by atoms with Crippen LogP contribution in [0.25, 0.3) is 0 Å². The van der Waals surface area contributed by atoms with Crippen molar-refractivity contribution < 1.29 is 19.2 Å². The number of nitrogens with zero attached hydrogens (tertiary/aromatic N) is 1. The van der Waals surface area contributed by atoms with Crippen LogP contribution < -0.4 is 5.32 Å². The number of nitro benzene ring substituents is 1. The molecule has 0 bridgehead atoms. The fourth-order valence-electron chi connectivity index (χ4n) is 3.51. The molecule has 3 rings (SSSR count). The second-order valence-corrected chi connectivity index (χ2v) is 6.90. The first kappa shape index (κ1) is 20.3. The van der Waals surface area contributed by atoms with Gasteiger partial charge < -0.3 is 10.1 Å². The Morgan fingerprint density at radius 2 is 1.97 bits per heavy atom. The van der Waals surface area contributed by atoms with Gasteiger partial charge in [-0.25, -0.2) is 0 Å². The van der Waals surface area contributed by atoms with Crippen molar-refractivity contribution >= 4 is 23.1 Å². The third-order valence-corrected chi connectivity index (χ3v) is 4.96. The highest BCUT2D eigenvalue weighted by Gasteiger charge is 2.39. The number of hydrogen-bond acceptors (Lipinski definition) is 6. The van der Waals surface area contributed by atoms with E-state index in [0.717, 1.165) is 11.1 Å². The third-order valence-electron chi connectivity index (χ3n) is 4.96. The van der Waals surface area contributed by atoms with Crippen LogP contribution in [0.15, 0.2) is 60.3 Å². The predicted octanol–water partition coefficient (Wildman–Crippen LogP) is 4.13. The number of carbonyl (C=O) groups is 2. The van der Waals surface area contributed by atoms with Gasteiger partial charge in [-0.2, -0.15) is 0 Å². The van der Waals surface area contributed by atoms with Gasteiger partial charge in [0.1, 0.15) is 5.92 Å². The molecule has 0 aromatic heterocycles. The summed E-state index contributed by atoms with van der Waals surface area (Å²) in [6.45, 7) is 3.73. The first-order valence-corrected chi connectivity index (χ1v) is 9.38. The van der Waals surface area contributed by atoms with Crippen LogP contribution >= 0.6 is 0 Å². The van der Waals surface area contributed by atoms with E-state index in [9.17, 15) is 19.7 Å². The third kappa shape index (κ3) is 4.51. The van der Waals surface area contributed by atoms with Crippen LogP contribution in [0.5, 0.6) is 0 Å². The number of benzene rings is 2. The molecular weight excluding hydrogens is 372 g/mol. The highest BCUT2D eigenvalue weighted by Crippen LogP contribution is 2.37. The molecule has 0 radical (unpaired) electrons. The Bertz CT molecular complexity index is 968. The lowest BCUT2D eigenvalue weighted by atomic mass is 9.76. The van der Waals surface area contributed by atoms with Gasteiger partial charge in [-0.1, -0.05) is 36.4 Å². The standard InChI is InChI=1S/C22H22N2O5/c1-3-29-22(26)21-18(15-7-5-4-6-8-15)11-16(12-20(21)25)23-19-13-17(24(27)28)10-9-14(19)2/h4-10,12-13,18,21,23H,3,11H2,1-2H3/t18-,21-/m1/s1. The lowest BCUT2D eigenvalue weighted by Crippen LogP contribution is -2.35. The van der Waals surface area contributed by atoms with Crippen LogP contribution in [0.1, 0.15) is 30.4 Å². The number of non-ortho nitro benzene ring substituents is 1. The van der Waals surface area contributed by atoms with Gasteiger partial charge in [0.05, 0.1) is 11.5 Å². The molecule has 1 aliphatic carbocycles. The molecule has 2 aromatic rings. The van der Waals surface area contributed by atoms with Gasteiger partial charge in [0.2, 0.25) is 0 Å². The molecule has 1 N–H and O–H groups in total. The number of ketones is 1. The summed E-state index contributed by atoms with van der Waals surface area (Å²) < 4.78 is 5.13. The lowest BCUT2D eigenvalue weighted by molar-refractivity contribution is -0.384. The van der Waals surface area contributed by atoms with E-state index in [4.69, 9.17) is 4.74 Å². The molecule has 7 nitrogen and oxygen atoms in total. The summed E-state index contributed by atoms with van der Waals surface area (Å²) in [6.07, 6.45) is 1.81. The molecule has 0 spiro atoms. The minimum atomic E-state index is -0.908. The van der Waals surface area contributed by atoms with Crippen LogP contribution in [-0.4, -0.2) is 23.3 Å². The quantitative estimate of drug-likeness (QED) is 0.342. The van der Waals surface area contributed by atoms with Crippen molar-refractivity contribution in [1.29, 1.82) is 0 Å². The van der Waals surface area contributed by atoms with E-state index in [1.807, 2.05) is 37.3 Å². The topological polar surface area (TPSA) is 98.5 Å². The molecule has 0 fully saturated rings. The highest BCUT2D eigenvalue weighted by atomic mass is 16.6. The zero-order valence-electron chi connectivity index (χ0n) is 16.3. The molecule has 0 unspecified atom stereocenters. The van der Waals surface area contributed by atoms with Gasteiger partial charge in [0.25, 0.3) is 5.69 Å². The predicted molar refractivity (Wildman–Crippen MR) is 108 cm³/mol. The Kier molecular flexibility index (Phi) is 6.07. The van der Waals surface area contributed by atoms with E-state index in [1.165, 1.54) is 18.2 Å². The van der Waals surface area contributed by atoms with Gasteiger partial charge in [0, 0.05) is 35.5 Å². The number of ether oxygens (including phenoxy) is 1. The molecule has 2 atom stereocenters. The molecular formula is C22H22N2O5. The average Bonchev–Trinajstić information content (AvgIpc) is 2.69. The van der Waals surface area contributed by atoms with Crippen LogP contribution in [0.2, 0.25) is 0 Å². The Morgan fingerprint density at radius 3 is 2.62 bits per heavy atom. The Morgan fingerprint density at radius 1 is 1.24 bits per heavy atom. The summed E-state index contributed by atoms with van der Waals surface area (Å²) >= 11 is 0. The van der Waals surface area contributed by atoms with E-state index >= 15 is 0 Å². The molecule has 0 saturated carbocycles. The number of allylic oxidation sites excluding steroid dienone is 2. The van der Waals surface area contributed by atoms with Gasteiger partial charge in [-0.05, 0) is 31.4 Å². The summed E-state index contributed by atoms with van der Waals surface area (Å²) in [4.78, 5) is 35.9. The van der Waals surface area contributed by atoms with Crippen molar-refractivity contribution in [2.24, 2.45) is 5.92 Å². The van der Waals surface area contributed by atoms with Crippen molar-refractivity contribution in [3.05, 3.63) is 81.5 Å². The van der Waals surface area contributed by atoms with Crippen LogP contribution in [-0.2, 0) is 14.3 Å². The summed E-state index contributed by atoms with van der Waals surface area (Å²) in [5.41, 5.74) is 2.80. The molecule has 150 valence electrons. The van der Waals surface area contributed by atoms with E-state index in [1.54, 1.807) is 13.0 Å². The molecule has 0 amide bonds. The van der Waals surface area contributed by atoms with Crippen LogP contribution in [0.3, 0.4) is 0 Å². The number of hydrogen-bond donors (Lipinski definition) is 1. The number of nitrogens with one attached hydrogen (secondary N) is 1. The monoisotopic (exact) mass is 394 g/mol. The smallest absolute Gasteiger partial charge is 0.317 e. The van der Waals surface area contributed by atoms with Crippen LogP contribution in [0.4, 0.5) is 11.4 Å². The van der Waals surface area contributed by atoms with Crippen molar-refractivity contribution in [3.8, 4) is 0 Å². The van der Waals surface area contributed by atoms with E-state index in [2.05, 4.69) is 5.32 Å². The fourth-order valence-corrected chi connectivity index (χ4v) is 3.51. The summed E-state index contributed by atoms with van der Waals surface area (Å²) in [7, 11) is 0. The summed E-state index contributed by atoms with van der Waals surface area (Å²) in [5, 5.41) is 14.2. The SMILES string of the molecule is CCOC(=O)[C@H]1C(=O)C=C(Nc2cc([N+](=O)[O-])ccc2C)C[C@@H]1c1ccccc1.